The molecule has 0 saturated carbocycles. The third-order valence-corrected chi connectivity index (χ3v) is 6.93. The monoisotopic (exact) mass is 511 g/mol. The molecule has 0 spiro atoms. The van der Waals surface area contributed by atoms with Gasteiger partial charge in [-0.05, 0) is 56.3 Å². The van der Waals surface area contributed by atoms with Gasteiger partial charge in [-0.3, -0.25) is 9.10 Å². The minimum absolute atomic E-state index is 0.0526. The number of carbonyl (C=O) groups is 1. The third-order valence-electron chi connectivity index (χ3n) is 5.16. The molecule has 0 atom stereocenters. The molecule has 3 rings (SSSR count). The largest absolute Gasteiger partial charge is 0.497 e. The SMILES string of the molecule is CCOc1ccccc1N(CC(=O)N/N=C\c1cc(OC)ccc1OC)S(=O)(=O)c1ccc(C)cc1. The molecule has 0 aliphatic rings. The van der Waals surface area contributed by atoms with E-state index in [1.807, 2.05) is 6.92 Å². The van der Waals surface area contributed by atoms with Crippen molar-refractivity contribution >= 4 is 27.8 Å². The maximum absolute atomic E-state index is 13.6. The number of sulfonamides is 1. The number of ether oxygens (including phenoxy) is 3. The number of aryl methyl sites for hydroxylation is 1. The van der Waals surface area contributed by atoms with E-state index in [0.29, 0.717) is 29.4 Å². The van der Waals surface area contributed by atoms with Gasteiger partial charge in [-0.1, -0.05) is 29.8 Å². The molecule has 3 aromatic rings. The molecule has 10 heteroatoms. The zero-order valence-corrected chi connectivity index (χ0v) is 21.4. The Morgan fingerprint density at radius 2 is 1.72 bits per heavy atom. The molecule has 190 valence electrons. The van der Waals surface area contributed by atoms with E-state index >= 15 is 0 Å². The fourth-order valence-electron chi connectivity index (χ4n) is 3.36. The fraction of sp³-hybridized carbons (Fsp3) is 0.231. The van der Waals surface area contributed by atoms with Crippen molar-refractivity contribution in [2.75, 3.05) is 31.7 Å². The number of amides is 1. The molecule has 0 unspecified atom stereocenters. The fourth-order valence-corrected chi connectivity index (χ4v) is 4.79. The Morgan fingerprint density at radius 1 is 1.00 bits per heavy atom. The van der Waals surface area contributed by atoms with E-state index in [2.05, 4.69) is 10.5 Å². The molecule has 0 aliphatic carbocycles. The van der Waals surface area contributed by atoms with Crippen molar-refractivity contribution in [3.05, 3.63) is 77.9 Å². The molecule has 1 N–H and O–H groups in total. The van der Waals surface area contributed by atoms with Crippen LogP contribution in [-0.4, -0.2) is 47.9 Å². The number of benzene rings is 3. The number of methoxy groups -OCH3 is 2. The van der Waals surface area contributed by atoms with Gasteiger partial charge in [0.05, 0.1) is 37.6 Å². The summed E-state index contributed by atoms with van der Waals surface area (Å²) in [7, 11) is -1.05. The standard InChI is InChI=1S/C26H29N3O6S/c1-5-35-25-9-7-6-8-23(25)29(36(31,32)22-13-10-19(2)11-14-22)18-26(30)28-27-17-20-16-21(33-3)12-15-24(20)34-4/h6-17H,5,18H2,1-4H3,(H,28,30)/b27-17-. The van der Waals surface area contributed by atoms with Crippen molar-refractivity contribution in [1.29, 1.82) is 0 Å². The Kier molecular flexibility index (Phi) is 8.91. The van der Waals surface area contributed by atoms with Crippen LogP contribution >= 0.6 is 0 Å². The molecular formula is C26H29N3O6S. The summed E-state index contributed by atoms with van der Waals surface area (Å²) in [6, 6.07) is 18.2. The van der Waals surface area contributed by atoms with Crippen LogP contribution in [0.3, 0.4) is 0 Å². The van der Waals surface area contributed by atoms with Crippen LogP contribution in [0.1, 0.15) is 18.1 Å². The molecule has 0 radical (unpaired) electrons. The van der Waals surface area contributed by atoms with Crippen LogP contribution in [0.2, 0.25) is 0 Å². The van der Waals surface area contributed by atoms with Crippen LogP contribution in [0.25, 0.3) is 0 Å². The van der Waals surface area contributed by atoms with Gasteiger partial charge in [-0.2, -0.15) is 5.10 Å². The van der Waals surface area contributed by atoms with Gasteiger partial charge in [0.15, 0.2) is 0 Å². The van der Waals surface area contributed by atoms with Gasteiger partial charge in [0.1, 0.15) is 23.8 Å². The lowest BCUT2D eigenvalue weighted by atomic mass is 10.2. The summed E-state index contributed by atoms with van der Waals surface area (Å²) in [6.07, 6.45) is 1.40. The molecule has 36 heavy (non-hydrogen) atoms. The maximum Gasteiger partial charge on any atom is 0.264 e. The second-order valence-corrected chi connectivity index (χ2v) is 9.49. The van der Waals surface area contributed by atoms with E-state index in [1.54, 1.807) is 61.5 Å². The van der Waals surface area contributed by atoms with Crippen molar-refractivity contribution < 1.29 is 27.4 Å². The number of nitrogens with one attached hydrogen (secondary N) is 1. The lowest BCUT2D eigenvalue weighted by Gasteiger charge is -2.25. The highest BCUT2D eigenvalue weighted by Crippen LogP contribution is 2.32. The van der Waals surface area contributed by atoms with Gasteiger partial charge in [0.25, 0.3) is 15.9 Å². The number of carbonyl (C=O) groups excluding carboxylic acids is 1. The minimum atomic E-state index is -4.10. The lowest BCUT2D eigenvalue weighted by Crippen LogP contribution is -2.39. The highest BCUT2D eigenvalue weighted by atomic mass is 32.2. The Hall–Kier alpha value is -4.05. The second-order valence-electron chi connectivity index (χ2n) is 7.63. The highest BCUT2D eigenvalue weighted by Gasteiger charge is 2.29. The van der Waals surface area contributed by atoms with Crippen LogP contribution in [0.4, 0.5) is 5.69 Å². The lowest BCUT2D eigenvalue weighted by molar-refractivity contribution is -0.119. The quantitative estimate of drug-likeness (QED) is 0.310. The number of hydrogen-bond donors (Lipinski definition) is 1. The number of hydrazone groups is 1. The summed E-state index contributed by atoms with van der Waals surface area (Å²) in [4.78, 5) is 12.9. The topological polar surface area (TPSA) is 107 Å². The summed E-state index contributed by atoms with van der Waals surface area (Å²) in [5.74, 6) is 0.817. The molecule has 0 aliphatic heterocycles. The molecule has 0 saturated heterocycles. The zero-order valence-electron chi connectivity index (χ0n) is 20.6. The van der Waals surface area contributed by atoms with Gasteiger partial charge in [-0.25, -0.2) is 13.8 Å². The van der Waals surface area contributed by atoms with E-state index in [1.165, 1.54) is 32.6 Å². The third kappa shape index (κ3) is 6.33. The molecule has 1 amide bonds. The molecule has 0 heterocycles. The molecular weight excluding hydrogens is 482 g/mol. The Bertz CT molecular complexity index is 1320. The zero-order chi connectivity index (χ0) is 26.1. The number of para-hydroxylation sites is 2. The summed E-state index contributed by atoms with van der Waals surface area (Å²) in [5.41, 5.74) is 4.12. The number of hydrogen-bond acceptors (Lipinski definition) is 7. The van der Waals surface area contributed by atoms with Crippen molar-refractivity contribution in [2.45, 2.75) is 18.7 Å². The van der Waals surface area contributed by atoms with Crippen molar-refractivity contribution in [3.63, 3.8) is 0 Å². The molecule has 0 aromatic heterocycles. The van der Waals surface area contributed by atoms with E-state index < -0.39 is 22.5 Å². The Morgan fingerprint density at radius 3 is 2.39 bits per heavy atom. The second kappa shape index (κ2) is 12.1. The molecule has 9 nitrogen and oxygen atoms in total. The Balaban J connectivity index is 1.90. The number of anilines is 1. The first kappa shape index (κ1) is 26.6. The van der Waals surface area contributed by atoms with Crippen LogP contribution in [-0.2, 0) is 14.8 Å². The molecule has 3 aromatic carbocycles. The van der Waals surface area contributed by atoms with Crippen LogP contribution in [0, 0.1) is 6.92 Å². The van der Waals surface area contributed by atoms with Crippen LogP contribution in [0.5, 0.6) is 17.2 Å². The van der Waals surface area contributed by atoms with Gasteiger partial charge in [0, 0.05) is 5.56 Å². The van der Waals surface area contributed by atoms with E-state index in [4.69, 9.17) is 14.2 Å². The predicted molar refractivity (Wildman–Crippen MR) is 139 cm³/mol. The number of rotatable bonds is 11. The van der Waals surface area contributed by atoms with Gasteiger partial charge < -0.3 is 14.2 Å². The first-order valence-corrected chi connectivity index (χ1v) is 12.6. The number of nitrogens with zero attached hydrogens (tertiary/aromatic N) is 2. The molecule has 0 bridgehead atoms. The summed E-state index contributed by atoms with van der Waals surface area (Å²) in [6.45, 7) is 3.46. The van der Waals surface area contributed by atoms with Gasteiger partial charge >= 0.3 is 0 Å². The van der Waals surface area contributed by atoms with Crippen molar-refractivity contribution in [1.82, 2.24) is 5.43 Å². The van der Waals surface area contributed by atoms with Gasteiger partial charge in [0.2, 0.25) is 0 Å². The highest BCUT2D eigenvalue weighted by molar-refractivity contribution is 7.92. The summed E-state index contributed by atoms with van der Waals surface area (Å²) in [5, 5.41) is 3.98. The van der Waals surface area contributed by atoms with Crippen LogP contribution in [0.15, 0.2) is 76.7 Å². The van der Waals surface area contributed by atoms with Crippen molar-refractivity contribution in [2.24, 2.45) is 5.10 Å². The van der Waals surface area contributed by atoms with E-state index in [0.717, 1.165) is 9.87 Å². The van der Waals surface area contributed by atoms with Crippen molar-refractivity contribution in [3.8, 4) is 17.2 Å². The van der Waals surface area contributed by atoms with E-state index in [9.17, 15) is 13.2 Å². The summed E-state index contributed by atoms with van der Waals surface area (Å²) >= 11 is 0. The maximum atomic E-state index is 13.6. The first-order chi connectivity index (χ1) is 17.3. The van der Waals surface area contributed by atoms with Crippen LogP contribution < -0.4 is 23.9 Å². The predicted octanol–water partition coefficient (Wildman–Crippen LogP) is 3.76. The van der Waals surface area contributed by atoms with E-state index in [-0.39, 0.29) is 10.6 Å². The average molecular weight is 512 g/mol. The van der Waals surface area contributed by atoms with Gasteiger partial charge in [-0.15, -0.1) is 0 Å². The molecule has 0 fully saturated rings. The minimum Gasteiger partial charge on any atom is -0.497 e. The average Bonchev–Trinajstić information content (AvgIpc) is 2.88. The first-order valence-electron chi connectivity index (χ1n) is 11.1. The summed E-state index contributed by atoms with van der Waals surface area (Å²) < 4.78 is 44.4. The Labute approximate surface area is 211 Å². The smallest absolute Gasteiger partial charge is 0.264 e. The normalized spacial score (nSPS) is 11.2.